The van der Waals surface area contributed by atoms with E-state index < -0.39 is 0 Å². The summed E-state index contributed by atoms with van der Waals surface area (Å²) >= 11 is 0. The molecule has 4 heteroatoms. The number of nitrogens with zero attached hydrogens (tertiary/aromatic N) is 2. The molecule has 4 aromatic rings. The maximum absolute atomic E-state index is 5.80. The Kier molecular flexibility index (Phi) is 3.27. The molecule has 112 valence electrons. The van der Waals surface area contributed by atoms with Crippen LogP contribution in [0.15, 0.2) is 71.1 Å². The summed E-state index contributed by atoms with van der Waals surface area (Å²) in [7, 11) is 0. The van der Waals surface area contributed by atoms with Gasteiger partial charge >= 0.3 is 0 Å². The van der Waals surface area contributed by atoms with Gasteiger partial charge in [-0.25, -0.2) is 0 Å². The van der Waals surface area contributed by atoms with Crippen LogP contribution in [0.25, 0.3) is 22.2 Å². The van der Waals surface area contributed by atoms with E-state index in [0.717, 1.165) is 5.56 Å². The lowest BCUT2D eigenvalue weighted by atomic mass is 10.0. The highest BCUT2D eigenvalue weighted by Crippen LogP contribution is 2.24. The Labute approximate surface area is 133 Å². The number of nitrogens with two attached hydrogens (primary N) is 1. The van der Waals surface area contributed by atoms with E-state index in [-0.39, 0.29) is 0 Å². The predicted octanol–water partition coefficient (Wildman–Crippen LogP) is 4.06. The first kappa shape index (κ1) is 13.5. The molecule has 0 radical (unpaired) electrons. The fourth-order valence-corrected chi connectivity index (χ4v) is 2.72. The first-order chi connectivity index (χ1) is 11.3. The first-order valence-electron chi connectivity index (χ1n) is 7.44. The summed E-state index contributed by atoms with van der Waals surface area (Å²) in [5.74, 6) is 1.09. The lowest BCUT2D eigenvalue weighted by Crippen LogP contribution is -1.90. The summed E-state index contributed by atoms with van der Waals surface area (Å²) in [6, 6.07) is 22.0. The molecular weight excluding hydrogens is 286 g/mol. The molecular formula is C19H15N3O. The smallest absolute Gasteiger partial charge is 0.247 e. The normalized spacial score (nSPS) is 11.0. The number of hydrogen-bond acceptors (Lipinski definition) is 4. The fourth-order valence-electron chi connectivity index (χ4n) is 2.72. The van der Waals surface area contributed by atoms with Gasteiger partial charge in [-0.3, -0.25) is 0 Å². The van der Waals surface area contributed by atoms with Crippen molar-refractivity contribution in [3.05, 3.63) is 78.2 Å². The van der Waals surface area contributed by atoms with Gasteiger partial charge in [0.1, 0.15) is 0 Å². The van der Waals surface area contributed by atoms with Crippen molar-refractivity contribution in [3.8, 4) is 11.5 Å². The third-order valence-electron chi connectivity index (χ3n) is 3.82. The van der Waals surface area contributed by atoms with E-state index in [1.807, 2.05) is 42.5 Å². The average Bonchev–Trinajstić information content (AvgIpc) is 3.04. The number of benzene rings is 3. The van der Waals surface area contributed by atoms with Crippen LogP contribution < -0.4 is 5.73 Å². The second kappa shape index (κ2) is 5.57. The zero-order valence-electron chi connectivity index (χ0n) is 12.4. The molecule has 0 unspecified atom stereocenters. The van der Waals surface area contributed by atoms with Crippen LogP contribution in [0.3, 0.4) is 0 Å². The molecule has 0 bridgehead atoms. The minimum atomic E-state index is 0.493. The van der Waals surface area contributed by atoms with Crippen molar-refractivity contribution in [2.24, 2.45) is 0 Å². The molecule has 1 heterocycles. The molecule has 0 saturated heterocycles. The summed E-state index contributed by atoms with van der Waals surface area (Å²) < 4.78 is 5.80. The SMILES string of the molecule is Nc1cccc(-c2nnc(Cc3cccc4ccccc34)o2)c1. The van der Waals surface area contributed by atoms with Crippen LogP contribution in [0, 0.1) is 0 Å². The predicted molar refractivity (Wildman–Crippen MR) is 90.9 cm³/mol. The monoisotopic (exact) mass is 301 g/mol. The van der Waals surface area contributed by atoms with E-state index in [4.69, 9.17) is 10.2 Å². The Balaban J connectivity index is 1.67. The lowest BCUT2D eigenvalue weighted by Gasteiger charge is -2.03. The van der Waals surface area contributed by atoms with Gasteiger partial charge in [0.15, 0.2) is 0 Å². The van der Waals surface area contributed by atoms with E-state index in [1.165, 1.54) is 16.3 Å². The van der Waals surface area contributed by atoms with Crippen LogP contribution in [-0.2, 0) is 6.42 Å². The van der Waals surface area contributed by atoms with Crippen LogP contribution in [0.4, 0.5) is 5.69 Å². The zero-order chi connectivity index (χ0) is 15.6. The van der Waals surface area contributed by atoms with Crippen LogP contribution in [0.1, 0.15) is 11.5 Å². The molecule has 0 saturated carbocycles. The highest BCUT2D eigenvalue weighted by Gasteiger charge is 2.10. The maximum atomic E-state index is 5.80. The molecule has 0 fully saturated rings. The zero-order valence-corrected chi connectivity index (χ0v) is 12.4. The summed E-state index contributed by atoms with van der Waals surface area (Å²) in [5.41, 5.74) is 8.48. The number of rotatable bonds is 3. The minimum absolute atomic E-state index is 0.493. The number of fused-ring (bicyclic) bond motifs is 1. The first-order valence-corrected chi connectivity index (χ1v) is 7.44. The van der Waals surface area contributed by atoms with Gasteiger partial charge in [0.2, 0.25) is 11.8 Å². The van der Waals surface area contributed by atoms with Gasteiger partial charge < -0.3 is 10.2 Å². The van der Waals surface area contributed by atoms with Crippen LogP contribution in [-0.4, -0.2) is 10.2 Å². The molecule has 0 amide bonds. The molecule has 2 N–H and O–H groups in total. The molecule has 4 nitrogen and oxygen atoms in total. The van der Waals surface area contributed by atoms with Gasteiger partial charge in [-0.2, -0.15) is 0 Å². The number of nitrogen functional groups attached to an aromatic ring is 1. The Hall–Kier alpha value is -3.14. The molecule has 3 aromatic carbocycles. The maximum Gasteiger partial charge on any atom is 0.247 e. The topological polar surface area (TPSA) is 64.9 Å². The van der Waals surface area contributed by atoms with E-state index >= 15 is 0 Å². The van der Waals surface area contributed by atoms with Crippen molar-refractivity contribution in [2.75, 3.05) is 5.73 Å². The highest BCUT2D eigenvalue weighted by atomic mass is 16.4. The molecule has 4 rings (SSSR count). The van der Waals surface area contributed by atoms with Gasteiger partial charge in [0.05, 0.1) is 6.42 Å². The number of anilines is 1. The van der Waals surface area contributed by atoms with Crippen LogP contribution >= 0.6 is 0 Å². The van der Waals surface area contributed by atoms with Crippen molar-refractivity contribution in [1.82, 2.24) is 10.2 Å². The van der Waals surface area contributed by atoms with Crippen molar-refractivity contribution in [1.29, 1.82) is 0 Å². The third-order valence-corrected chi connectivity index (χ3v) is 3.82. The summed E-state index contributed by atoms with van der Waals surface area (Å²) in [4.78, 5) is 0. The minimum Gasteiger partial charge on any atom is -0.420 e. The second-order valence-electron chi connectivity index (χ2n) is 5.44. The van der Waals surface area contributed by atoms with Crippen molar-refractivity contribution in [3.63, 3.8) is 0 Å². The summed E-state index contributed by atoms with van der Waals surface area (Å²) in [6.07, 6.45) is 0.608. The van der Waals surface area contributed by atoms with E-state index in [1.54, 1.807) is 0 Å². The van der Waals surface area contributed by atoms with E-state index in [0.29, 0.717) is 23.9 Å². The summed E-state index contributed by atoms with van der Waals surface area (Å²) in [5, 5.41) is 10.7. The van der Waals surface area contributed by atoms with E-state index in [9.17, 15) is 0 Å². The van der Waals surface area contributed by atoms with Gasteiger partial charge in [-0.05, 0) is 34.5 Å². The van der Waals surface area contributed by atoms with Gasteiger partial charge in [0, 0.05) is 11.3 Å². The third kappa shape index (κ3) is 2.66. The van der Waals surface area contributed by atoms with Gasteiger partial charge in [0.25, 0.3) is 0 Å². The summed E-state index contributed by atoms with van der Waals surface area (Å²) in [6.45, 7) is 0. The quantitative estimate of drug-likeness (QED) is 0.579. The second-order valence-corrected chi connectivity index (χ2v) is 5.44. The van der Waals surface area contributed by atoms with Gasteiger partial charge in [-0.15, -0.1) is 10.2 Å². The Morgan fingerprint density at radius 1 is 0.870 bits per heavy atom. The molecule has 1 aromatic heterocycles. The van der Waals surface area contributed by atoms with E-state index in [2.05, 4.69) is 34.5 Å². The van der Waals surface area contributed by atoms with Crippen molar-refractivity contribution < 1.29 is 4.42 Å². The van der Waals surface area contributed by atoms with Crippen LogP contribution in [0.2, 0.25) is 0 Å². The molecule has 0 aliphatic carbocycles. The van der Waals surface area contributed by atoms with Crippen molar-refractivity contribution >= 4 is 16.5 Å². The fraction of sp³-hybridized carbons (Fsp3) is 0.0526. The highest BCUT2D eigenvalue weighted by molar-refractivity contribution is 5.85. The van der Waals surface area contributed by atoms with Crippen LogP contribution in [0.5, 0.6) is 0 Å². The lowest BCUT2D eigenvalue weighted by molar-refractivity contribution is 0.518. The Morgan fingerprint density at radius 3 is 2.61 bits per heavy atom. The largest absolute Gasteiger partial charge is 0.420 e. The molecule has 0 aliphatic heterocycles. The average molecular weight is 301 g/mol. The molecule has 23 heavy (non-hydrogen) atoms. The molecule has 0 atom stereocenters. The Bertz CT molecular complexity index is 970. The standard InChI is InChI=1S/C19H15N3O/c20-16-9-4-8-15(11-16)19-22-21-18(23-19)12-14-7-3-6-13-5-1-2-10-17(13)14/h1-11H,12,20H2. The number of hydrogen-bond donors (Lipinski definition) is 1. The molecule has 0 aliphatic rings. The number of aromatic nitrogens is 2. The van der Waals surface area contributed by atoms with Gasteiger partial charge in [-0.1, -0.05) is 48.5 Å². The molecule has 0 spiro atoms. The Morgan fingerprint density at radius 2 is 1.70 bits per heavy atom. The van der Waals surface area contributed by atoms with Crippen molar-refractivity contribution in [2.45, 2.75) is 6.42 Å².